The van der Waals surface area contributed by atoms with E-state index in [2.05, 4.69) is 46.5 Å². The van der Waals surface area contributed by atoms with E-state index in [1.54, 1.807) is 0 Å². The minimum atomic E-state index is -0.349. The van der Waals surface area contributed by atoms with Gasteiger partial charge < -0.3 is 9.73 Å². The quantitative estimate of drug-likeness (QED) is 0.331. The van der Waals surface area contributed by atoms with Gasteiger partial charge in [0, 0.05) is 29.4 Å². The lowest BCUT2D eigenvalue weighted by Crippen LogP contribution is -2.35. The maximum Gasteiger partial charge on any atom is 0.284 e. The van der Waals surface area contributed by atoms with E-state index in [-0.39, 0.29) is 16.4 Å². The summed E-state index contributed by atoms with van der Waals surface area (Å²) < 4.78 is 5.53. The summed E-state index contributed by atoms with van der Waals surface area (Å²) in [7, 11) is 5.06. The first-order chi connectivity index (χ1) is 10.7. The van der Waals surface area contributed by atoms with E-state index in [1.165, 1.54) is 0 Å². The Morgan fingerprint density at radius 3 is 2.73 bits per heavy atom. The number of carbonyl (C=O) groups excluding carboxylic acids is 1. The van der Waals surface area contributed by atoms with E-state index in [1.807, 2.05) is 31.3 Å². The molecule has 10 heteroatoms. The van der Waals surface area contributed by atoms with Crippen LogP contribution in [-0.4, -0.2) is 40.4 Å². The molecule has 2 aromatic rings. The highest BCUT2D eigenvalue weighted by Crippen LogP contribution is 2.24. The van der Waals surface area contributed by atoms with Crippen LogP contribution in [0, 0.1) is 0 Å². The lowest BCUT2D eigenvalue weighted by molar-refractivity contribution is -0.112. The zero-order valence-electron chi connectivity index (χ0n) is 11.6. The Kier molecular flexibility index (Phi) is 7.38. The van der Waals surface area contributed by atoms with Crippen molar-refractivity contribution in [1.29, 1.82) is 0 Å². The molecular weight excluding hydrogens is 355 g/mol. The molecule has 1 aromatic heterocycles. The number of carbonyl (C=O) groups is 1. The molecule has 0 aliphatic carbocycles. The fourth-order valence-corrected chi connectivity index (χ4v) is 3.23. The molecule has 0 bridgehead atoms. The smallest absolute Gasteiger partial charge is 0.284 e. The summed E-state index contributed by atoms with van der Waals surface area (Å²) in [6, 6.07) is 7.34. The molecule has 0 spiro atoms. The van der Waals surface area contributed by atoms with Crippen LogP contribution in [-0.2, 0) is 4.79 Å². The van der Waals surface area contributed by atoms with Crippen molar-refractivity contribution in [2.24, 2.45) is 0 Å². The van der Waals surface area contributed by atoms with Gasteiger partial charge in [-0.2, -0.15) is 21.7 Å². The molecule has 0 saturated heterocycles. The highest BCUT2D eigenvalue weighted by Gasteiger charge is 2.20. The summed E-state index contributed by atoms with van der Waals surface area (Å²) in [4.78, 5) is 12.1. The van der Waals surface area contributed by atoms with Gasteiger partial charge in [0.15, 0.2) is 7.00 Å². The van der Waals surface area contributed by atoms with Crippen LogP contribution in [0.5, 0.6) is 0 Å². The number of nitrogens with zero attached hydrogens (tertiary/aromatic N) is 2. The molecule has 115 valence electrons. The van der Waals surface area contributed by atoms with Crippen LogP contribution >= 0.6 is 42.7 Å². The molecule has 0 aliphatic rings. The van der Waals surface area contributed by atoms with Crippen molar-refractivity contribution in [2.45, 2.75) is 11.3 Å². The molecule has 0 fully saturated rings. The standard InChI is InChI=1S/C12H15BN3O2P2S2/c17-11(9(5-21)14-6-19)22-12-16-15-10(18-12)7-1-3-8(13-20)4-2-7/h1-4,9,14,21H,5-6,19-20H2/t9-/m0/s1. The average Bonchev–Trinajstić information content (AvgIpc) is 3.01. The van der Waals surface area contributed by atoms with Gasteiger partial charge in [0.05, 0.1) is 6.04 Å². The van der Waals surface area contributed by atoms with Gasteiger partial charge in [-0.1, -0.05) is 29.7 Å². The molecule has 3 atom stereocenters. The minimum Gasteiger partial charge on any atom is -0.411 e. The van der Waals surface area contributed by atoms with Crippen LogP contribution in [0.2, 0.25) is 0 Å². The van der Waals surface area contributed by atoms with Crippen molar-refractivity contribution < 1.29 is 9.21 Å². The van der Waals surface area contributed by atoms with E-state index >= 15 is 0 Å². The molecule has 1 N–H and O–H groups in total. The Balaban J connectivity index is 2.05. The largest absolute Gasteiger partial charge is 0.411 e. The molecule has 0 saturated carbocycles. The summed E-state index contributed by atoms with van der Waals surface area (Å²) in [6.45, 7) is 1.92. The first-order valence-corrected chi connectivity index (χ1v) is 9.36. The SMILES string of the molecule is O=C(Sc1nnc(-c2ccc([B]P)cc2)o1)[C@H](CS)NCP. The summed E-state index contributed by atoms with van der Waals surface area (Å²) in [5, 5.41) is 11.0. The summed E-state index contributed by atoms with van der Waals surface area (Å²) >= 11 is 5.09. The number of aromatic nitrogens is 2. The lowest BCUT2D eigenvalue weighted by atomic mass is 9.93. The average molecular weight is 370 g/mol. The number of hydrogen-bond donors (Lipinski definition) is 2. The van der Waals surface area contributed by atoms with Crippen molar-refractivity contribution in [1.82, 2.24) is 15.5 Å². The molecule has 0 aliphatic heterocycles. The van der Waals surface area contributed by atoms with Gasteiger partial charge in [0.1, 0.15) is 0 Å². The second-order valence-corrected chi connectivity index (χ2v) is 6.29. The van der Waals surface area contributed by atoms with Gasteiger partial charge in [-0.3, -0.25) is 4.79 Å². The third kappa shape index (κ3) is 4.80. The zero-order chi connectivity index (χ0) is 15.9. The number of hydrogen-bond acceptors (Lipinski definition) is 7. The van der Waals surface area contributed by atoms with E-state index in [9.17, 15) is 4.79 Å². The second-order valence-electron chi connectivity index (χ2n) is 4.23. The van der Waals surface area contributed by atoms with Gasteiger partial charge in [0.2, 0.25) is 11.0 Å². The lowest BCUT2D eigenvalue weighted by Gasteiger charge is -2.11. The van der Waals surface area contributed by atoms with Gasteiger partial charge >= 0.3 is 0 Å². The van der Waals surface area contributed by atoms with Crippen molar-refractivity contribution >= 4 is 60.3 Å². The fraction of sp³-hybridized carbons (Fsp3) is 0.250. The summed E-state index contributed by atoms with van der Waals surface area (Å²) in [5.74, 6) is 0.806. The Hall–Kier alpha value is -0.385. The van der Waals surface area contributed by atoms with E-state index < -0.39 is 0 Å². The molecule has 2 rings (SSSR count). The summed E-state index contributed by atoms with van der Waals surface area (Å²) in [5.41, 5.74) is 1.90. The van der Waals surface area contributed by atoms with E-state index in [0.29, 0.717) is 17.9 Å². The van der Waals surface area contributed by atoms with Crippen LogP contribution in [0.3, 0.4) is 0 Å². The molecule has 1 heterocycles. The van der Waals surface area contributed by atoms with E-state index in [0.717, 1.165) is 22.8 Å². The van der Waals surface area contributed by atoms with Crippen LogP contribution in [0.15, 0.2) is 33.9 Å². The first kappa shape index (κ1) is 18.0. The maximum absolute atomic E-state index is 12.1. The van der Waals surface area contributed by atoms with Gasteiger partial charge in [-0.15, -0.1) is 19.4 Å². The van der Waals surface area contributed by atoms with Crippen LogP contribution in [0.4, 0.5) is 0 Å². The Bertz CT molecular complexity index is 627. The van der Waals surface area contributed by atoms with Crippen molar-refractivity contribution in [3.63, 3.8) is 0 Å². The Labute approximate surface area is 144 Å². The van der Waals surface area contributed by atoms with Gasteiger partial charge in [-0.05, 0) is 0 Å². The van der Waals surface area contributed by atoms with Crippen molar-refractivity contribution in [3.05, 3.63) is 24.3 Å². The molecule has 2 unspecified atom stereocenters. The predicted molar refractivity (Wildman–Crippen MR) is 101 cm³/mol. The fourth-order valence-electron chi connectivity index (χ4n) is 1.63. The van der Waals surface area contributed by atoms with Gasteiger partial charge in [0.25, 0.3) is 5.22 Å². The Morgan fingerprint density at radius 1 is 1.41 bits per heavy atom. The van der Waals surface area contributed by atoms with Crippen molar-refractivity contribution in [3.8, 4) is 11.5 Å². The number of benzene rings is 1. The highest BCUT2D eigenvalue weighted by molar-refractivity contribution is 8.13. The number of thiol groups is 1. The molecule has 22 heavy (non-hydrogen) atoms. The third-order valence-corrected chi connectivity index (χ3v) is 4.59. The van der Waals surface area contributed by atoms with E-state index in [4.69, 9.17) is 4.42 Å². The van der Waals surface area contributed by atoms with Crippen LogP contribution < -0.4 is 10.8 Å². The zero-order valence-corrected chi connectivity index (χ0v) is 15.6. The highest BCUT2D eigenvalue weighted by atomic mass is 32.2. The topological polar surface area (TPSA) is 68.0 Å². The maximum atomic E-state index is 12.1. The van der Waals surface area contributed by atoms with Gasteiger partial charge in [-0.25, -0.2) is 0 Å². The Morgan fingerprint density at radius 2 is 2.14 bits per heavy atom. The predicted octanol–water partition coefficient (Wildman–Crippen LogP) is 1.20. The van der Waals surface area contributed by atoms with Crippen molar-refractivity contribution in [2.75, 3.05) is 12.0 Å². The van der Waals surface area contributed by atoms with Crippen LogP contribution in [0.25, 0.3) is 11.5 Å². The van der Waals surface area contributed by atoms with Crippen LogP contribution in [0.1, 0.15) is 0 Å². The molecule has 1 aromatic carbocycles. The third-order valence-electron chi connectivity index (χ3n) is 2.78. The minimum absolute atomic E-state index is 0.0967. The number of rotatable bonds is 7. The normalized spacial score (nSPS) is 12.1. The monoisotopic (exact) mass is 370 g/mol. The first-order valence-electron chi connectivity index (χ1n) is 6.42. The summed E-state index contributed by atoms with van der Waals surface area (Å²) in [6.07, 6.45) is 0.617. The molecule has 5 nitrogen and oxygen atoms in total. The molecule has 0 amide bonds. The number of nitrogens with one attached hydrogen (secondary N) is 1. The second kappa shape index (κ2) is 9.04. The number of thioether (sulfide) groups is 1. The molecule has 1 radical (unpaired) electrons. The molecular formula is C12H15BN3O2P2S2.